The van der Waals surface area contributed by atoms with E-state index >= 15 is 0 Å². The fraction of sp³-hybridized carbons (Fsp3) is 0.211. The Morgan fingerprint density at radius 2 is 2.14 bits per heavy atom. The highest BCUT2D eigenvalue weighted by Gasteiger charge is 2.22. The number of thiophene rings is 1. The zero-order valence-electron chi connectivity index (χ0n) is 15.0. The van der Waals surface area contributed by atoms with Gasteiger partial charge in [-0.25, -0.2) is 9.97 Å². The maximum atomic E-state index is 12.9. The minimum absolute atomic E-state index is 0.242. The van der Waals surface area contributed by atoms with Gasteiger partial charge in [0.25, 0.3) is 5.91 Å². The van der Waals surface area contributed by atoms with Crippen molar-refractivity contribution in [1.82, 2.24) is 14.9 Å². The van der Waals surface area contributed by atoms with Crippen molar-refractivity contribution in [1.29, 1.82) is 0 Å². The molecule has 0 bridgehead atoms. The van der Waals surface area contributed by atoms with Gasteiger partial charge in [0.15, 0.2) is 5.13 Å². The summed E-state index contributed by atoms with van der Waals surface area (Å²) in [6.07, 6.45) is 0.919. The molecule has 0 saturated carbocycles. The van der Waals surface area contributed by atoms with Crippen LogP contribution in [0.15, 0.2) is 28.7 Å². The highest BCUT2D eigenvalue weighted by molar-refractivity contribution is 9.10. The first-order valence-electron chi connectivity index (χ1n) is 8.74. The summed E-state index contributed by atoms with van der Waals surface area (Å²) < 4.78 is 1.99. The molecule has 0 atom stereocenters. The smallest absolute Gasteiger partial charge is 0.269 e. The van der Waals surface area contributed by atoms with E-state index in [0.717, 1.165) is 50.1 Å². The van der Waals surface area contributed by atoms with Gasteiger partial charge in [0.2, 0.25) is 0 Å². The van der Waals surface area contributed by atoms with Gasteiger partial charge in [-0.3, -0.25) is 10.1 Å². The van der Waals surface area contributed by atoms with Gasteiger partial charge in [-0.2, -0.15) is 0 Å². The first kappa shape index (κ1) is 18.0. The van der Waals surface area contributed by atoms with Crippen LogP contribution < -0.4 is 11.1 Å². The number of benzene rings is 1. The predicted octanol–water partition coefficient (Wildman–Crippen LogP) is 4.49. The van der Waals surface area contributed by atoms with E-state index in [0.29, 0.717) is 15.7 Å². The molecule has 142 valence electrons. The van der Waals surface area contributed by atoms with Crippen LogP contribution in [0.4, 0.5) is 10.8 Å². The Morgan fingerprint density at radius 3 is 3.00 bits per heavy atom. The summed E-state index contributed by atoms with van der Waals surface area (Å²) in [4.78, 5) is 25.7. The third-order valence-electron chi connectivity index (χ3n) is 4.84. The molecule has 4 aromatic rings. The van der Waals surface area contributed by atoms with Crippen LogP contribution in [0.2, 0.25) is 0 Å². The SMILES string of the molecule is CN1CCc2nc3sc(C(=O)Nc4nc5ccc(Br)cc5s4)c(N)c3cc2C1. The molecule has 28 heavy (non-hydrogen) atoms. The number of likely N-dealkylation sites (N-methyl/N-ethyl adjacent to an activating group) is 1. The zero-order valence-corrected chi connectivity index (χ0v) is 18.2. The van der Waals surface area contributed by atoms with E-state index in [1.807, 2.05) is 18.2 Å². The van der Waals surface area contributed by atoms with Crippen molar-refractivity contribution < 1.29 is 4.79 Å². The second kappa shape index (κ2) is 6.77. The molecule has 9 heteroatoms. The lowest BCUT2D eigenvalue weighted by Gasteiger charge is -2.24. The summed E-state index contributed by atoms with van der Waals surface area (Å²) in [5.41, 5.74) is 9.97. The number of pyridine rings is 1. The lowest BCUT2D eigenvalue weighted by molar-refractivity contribution is 0.103. The molecule has 4 heterocycles. The molecular formula is C19H16BrN5OS2. The van der Waals surface area contributed by atoms with Crippen LogP contribution in [0.5, 0.6) is 0 Å². The van der Waals surface area contributed by atoms with Crippen LogP contribution in [0.3, 0.4) is 0 Å². The van der Waals surface area contributed by atoms with Crippen molar-refractivity contribution in [2.24, 2.45) is 0 Å². The predicted molar refractivity (Wildman–Crippen MR) is 119 cm³/mol. The Morgan fingerprint density at radius 1 is 1.29 bits per heavy atom. The first-order chi connectivity index (χ1) is 13.5. The van der Waals surface area contributed by atoms with Gasteiger partial charge in [-0.1, -0.05) is 27.3 Å². The number of fused-ring (bicyclic) bond motifs is 3. The number of nitrogen functional groups attached to an aromatic ring is 1. The van der Waals surface area contributed by atoms with E-state index in [9.17, 15) is 4.79 Å². The standard InChI is InChI=1S/C19H16BrN5OS2/c1-25-5-4-12-9(8-25)6-11-15(21)16(28-18(11)22-12)17(26)24-19-23-13-3-2-10(20)7-14(13)27-19/h2-3,6-7H,4-5,8,21H2,1H3,(H,23,24,26). The molecule has 0 radical (unpaired) electrons. The Balaban J connectivity index is 1.49. The van der Waals surface area contributed by atoms with Crippen LogP contribution in [0, 0.1) is 0 Å². The van der Waals surface area contributed by atoms with Crippen LogP contribution in [-0.4, -0.2) is 34.4 Å². The minimum Gasteiger partial charge on any atom is -0.397 e. The molecule has 3 N–H and O–H groups in total. The van der Waals surface area contributed by atoms with Gasteiger partial charge in [0.1, 0.15) is 9.71 Å². The number of hydrogen-bond acceptors (Lipinski definition) is 7. The second-order valence-corrected chi connectivity index (χ2v) is 9.81. The molecule has 3 aromatic heterocycles. The summed E-state index contributed by atoms with van der Waals surface area (Å²) in [5, 5.41) is 4.31. The Bertz CT molecular complexity index is 1250. The van der Waals surface area contributed by atoms with E-state index in [-0.39, 0.29) is 5.91 Å². The van der Waals surface area contributed by atoms with E-state index in [4.69, 9.17) is 10.7 Å². The molecule has 0 fully saturated rings. The van der Waals surface area contributed by atoms with Crippen molar-refractivity contribution in [3.63, 3.8) is 0 Å². The number of halogens is 1. The normalized spacial score (nSPS) is 14.5. The summed E-state index contributed by atoms with van der Waals surface area (Å²) in [7, 11) is 2.10. The molecule has 5 rings (SSSR count). The van der Waals surface area contributed by atoms with E-state index < -0.39 is 0 Å². The minimum atomic E-state index is -0.242. The van der Waals surface area contributed by atoms with Crippen LogP contribution in [0.1, 0.15) is 20.9 Å². The topological polar surface area (TPSA) is 84.1 Å². The van der Waals surface area contributed by atoms with Crippen molar-refractivity contribution in [3.05, 3.63) is 44.9 Å². The van der Waals surface area contributed by atoms with Crippen LogP contribution in [0.25, 0.3) is 20.4 Å². The highest BCUT2D eigenvalue weighted by atomic mass is 79.9. The fourth-order valence-electron chi connectivity index (χ4n) is 3.41. The molecule has 0 unspecified atom stereocenters. The number of nitrogens with zero attached hydrogens (tertiary/aromatic N) is 3. The number of hydrogen-bond donors (Lipinski definition) is 2. The quantitative estimate of drug-likeness (QED) is 0.447. The molecule has 0 aliphatic carbocycles. The number of nitrogens with one attached hydrogen (secondary N) is 1. The summed E-state index contributed by atoms with van der Waals surface area (Å²) in [6, 6.07) is 7.93. The van der Waals surface area contributed by atoms with Crippen molar-refractivity contribution in [2.75, 3.05) is 24.6 Å². The van der Waals surface area contributed by atoms with Crippen LogP contribution >= 0.6 is 38.6 Å². The molecule has 6 nitrogen and oxygen atoms in total. The largest absolute Gasteiger partial charge is 0.397 e. The third kappa shape index (κ3) is 3.08. The molecule has 1 aliphatic rings. The molecule has 0 spiro atoms. The van der Waals surface area contributed by atoms with Gasteiger partial charge in [0.05, 0.1) is 15.9 Å². The second-order valence-electron chi connectivity index (χ2n) is 6.86. The number of rotatable bonds is 2. The first-order valence-corrected chi connectivity index (χ1v) is 11.2. The average molecular weight is 474 g/mol. The Hall–Kier alpha value is -2.07. The Labute approximate surface area is 177 Å². The van der Waals surface area contributed by atoms with Crippen molar-refractivity contribution in [3.8, 4) is 0 Å². The maximum absolute atomic E-state index is 12.9. The fourth-order valence-corrected chi connectivity index (χ4v) is 5.82. The number of carbonyl (C=O) groups excluding carboxylic acids is 1. The lowest BCUT2D eigenvalue weighted by atomic mass is 10.0. The number of anilines is 2. The lowest BCUT2D eigenvalue weighted by Crippen LogP contribution is -2.27. The number of nitrogens with two attached hydrogens (primary N) is 1. The Kier molecular flexibility index (Phi) is 4.35. The van der Waals surface area contributed by atoms with Gasteiger partial charge in [0, 0.05) is 35.1 Å². The van der Waals surface area contributed by atoms with Gasteiger partial charge in [-0.05, 0) is 36.9 Å². The third-order valence-corrected chi connectivity index (χ3v) is 7.38. The zero-order chi connectivity index (χ0) is 19.4. The van der Waals surface area contributed by atoms with Crippen LogP contribution in [-0.2, 0) is 13.0 Å². The van der Waals surface area contributed by atoms with Gasteiger partial charge < -0.3 is 10.6 Å². The summed E-state index contributed by atoms with van der Waals surface area (Å²) >= 11 is 6.24. The molecule has 1 amide bonds. The summed E-state index contributed by atoms with van der Waals surface area (Å²) in [5.74, 6) is -0.242. The number of carbonyl (C=O) groups is 1. The van der Waals surface area contributed by atoms with Gasteiger partial charge >= 0.3 is 0 Å². The van der Waals surface area contributed by atoms with E-state index in [2.05, 4.69) is 44.2 Å². The monoisotopic (exact) mass is 473 g/mol. The van der Waals surface area contributed by atoms with Gasteiger partial charge in [-0.15, -0.1) is 11.3 Å². The molecular weight excluding hydrogens is 458 g/mol. The number of thiazole rings is 1. The molecule has 1 aromatic carbocycles. The number of aromatic nitrogens is 2. The van der Waals surface area contributed by atoms with Crippen molar-refractivity contribution in [2.45, 2.75) is 13.0 Å². The molecule has 1 aliphatic heterocycles. The average Bonchev–Trinajstić information content (AvgIpc) is 3.20. The summed E-state index contributed by atoms with van der Waals surface area (Å²) in [6.45, 7) is 1.85. The van der Waals surface area contributed by atoms with E-state index in [1.54, 1.807) is 0 Å². The van der Waals surface area contributed by atoms with Crippen molar-refractivity contribution >= 4 is 75.8 Å². The van der Waals surface area contributed by atoms with E-state index in [1.165, 1.54) is 28.2 Å². The number of amides is 1. The molecule has 0 saturated heterocycles. The maximum Gasteiger partial charge on any atom is 0.269 e. The highest BCUT2D eigenvalue weighted by Crippen LogP contribution is 2.36.